The number of amides is 1. The Kier molecular flexibility index (Phi) is 5.86. The molecule has 1 aromatic carbocycles. The number of hydrogen-bond donors (Lipinski definition) is 1. The number of hydrogen-bond acceptors (Lipinski definition) is 4. The maximum atomic E-state index is 12.8. The van der Waals surface area contributed by atoms with Crippen molar-refractivity contribution < 1.29 is 27.4 Å². The van der Waals surface area contributed by atoms with Crippen LogP contribution >= 0.6 is 0 Å². The number of fused-ring (bicyclic) bond motifs is 1. The molecule has 0 radical (unpaired) electrons. The monoisotopic (exact) mass is 410 g/mol. The third-order valence-electron chi connectivity index (χ3n) is 4.48. The number of pyridine rings is 1. The lowest BCUT2D eigenvalue weighted by Crippen LogP contribution is -2.32. The molecule has 0 spiro atoms. The fraction of sp³-hybridized carbons (Fsp3) is 0.400. The van der Waals surface area contributed by atoms with Gasteiger partial charge >= 0.3 is 6.18 Å². The summed E-state index contributed by atoms with van der Waals surface area (Å²) in [5.41, 5.74) is 0.0208. The zero-order valence-corrected chi connectivity index (χ0v) is 16.0. The molecule has 29 heavy (non-hydrogen) atoms. The van der Waals surface area contributed by atoms with Crippen LogP contribution in [0.1, 0.15) is 30.5 Å². The third-order valence-corrected chi connectivity index (χ3v) is 4.48. The molecule has 2 heterocycles. The summed E-state index contributed by atoms with van der Waals surface area (Å²) < 4.78 is 50.5. The van der Waals surface area contributed by atoms with Crippen LogP contribution < -0.4 is 20.3 Å². The Labute approximate surface area is 165 Å². The van der Waals surface area contributed by atoms with Gasteiger partial charge in [-0.05, 0) is 32.0 Å². The Morgan fingerprint density at radius 3 is 2.79 bits per heavy atom. The molecular formula is C20H21F3N2O4. The van der Waals surface area contributed by atoms with E-state index in [1.807, 2.05) is 19.9 Å². The molecule has 0 saturated carbocycles. The smallest absolute Gasteiger partial charge is 0.417 e. The van der Waals surface area contributed by atoms with E-state index >= 15 is 0 Å². The lowest BCUT2D eigenvalue weighted by atomic mass is 10.1. The zero-order valence-electron chi connectivity index (χ0n) is 16.0. The van der Waals surface area contributed by atoms with Crippen molar-refractivity contribution in [3.8, 4) is 11.5 Å². The van der Waals surface area contributed by atoms with Gasteiger partial charge in [0.1, 0.15) is 24.1 Å². The average molecular weight is 410 g/mol. The van der Waals surface area contributed by atoms with Crippen molar-refractivity contribution in [2.45, 2.75) is 45.6 Å². The van der Waals surface area contributed by atoms with Gasteiger partial charge in [-0.15, -0.1) is 0 Å². The number of nitrogens with zero attached hydrogens (tertiary/aromatic N) is 1. The van der Waals surface area contributed by atoms with E-state index in [1.54, 1.807) is 6.07 Å². The predicted molar refractivity (Wildman–Crippen MR) is 99.0 cm³/mol. The van der Waals surface area contributed by atoms with Crippen LogP contribution in [0.2, 0.25) is 0 Å². The summed E-state index contributed by atoms with van der Waals surface area (Å²) in [4.78, 5) is 24.0. The van der Waals surface area contributed by atoms with E-state index in [2.05, 4.69) is 5.32 Å². The first-order chi connectivity index (χ1) is 13.7. The summed E-state index contributed by atoms with van der Waals surface area (Å²) in [5, 5.41) is 2.62. The van der Waals surface area contributed by atoms with E-state index in [9.17, 15) is 22.8 Å². The summed E-state index contributed by atoms with van der Waals surface area (Å²) >= 11 is 0. The molecule has 0 bridgehead atoms. The number of benzene rings is 1. The van der Waals surface area contributed by atoms with Gasteiger partial charge in [0, 0.05) is 36.4 Å². The third kappa shape index (κ3) is 4.90. The number of carbonyl (C=O) groups excluding carboxylic acids is 1. The molecule has 1 aromatic heterocycles. The highest BCUT2D eigenvalue weighted by molar-refractivity contribution is 5.75. The molecule has 0 fully saturated rings. The van der Waals surface area contributed by atoms with E-state index in [-0.39, 0.29) is 12.6 Å². The number of carbonyl (C=O) groups is 1. The second-order valence-corrected chi connectivity index (χ2v) is 6.79. The molecule has 1 atom stereocenters. The highest BCUT2D eigenvalue weighted by Gasteiger charge is 2.31. The van der Waals surface area contributed by atoms with Crippen molar-refractivity contribution in [3.63, 3.8) is 0 Å². The molecule has 2 aromatic rings. The summed E-state index contributed by atoms with van der Waals surface area (Å²) in [6, 6.07) is 5.15. The number of halogens is 3. The van der Waals surface area contributed by atoms with Crippen molar-refractivity contribution in [2.24, 2.45) is 0 Å². The summed E-state index contributed by atoms with van der Waals surface area (Å²) in [5.74, 6) is 0.739. The Hall–Kier alpha value is -2.97. The number of aromatic nitrogens is 1. The van der Waals surface area contributed by atoms with Gasteiger partial charge in [-0.25, -0.2) is 0 Å². The fourth-order valence-electron chi connectivity index (χ4n) is 3.14. The minimum absolute atomic E-state index is 0.0529. The highest BCUT2D eigenvalue weighted by atomic mass is 19.4. The largest absolute Gasteiger partial charge is 0.494 e. The van der Waals surface area contributed by atoms with Crippen LogP contribution in [0.25, 0.3) is 0 Å². The van der Waals surface area contributed by atoms with Gasteiger partial charge in [0.15, 0.2) is 0 Å². The number of rotatable bonds is 6. The van der Waals surface area contributed by atoms with Gasteiger partial charge in [-0.3, -0.25) is 9.59 Å². The van der Waals surface area contributed by atoms with Crippen LogP contribution in [-0.2, 0) is 30.5 Å². The number of alkyl halides is 3. The predicted octanol–water partition coefficient (Wildman–Crippen LogP) is 2.91. The maximum absolute atomic E-state index is 12.8. The lowest BCUT2D eigenvalue weighted by Gasteiger charge is -2.14. The van der Waals surface area contributed by atoms with Gasteiger partial charge in [0.25, 0.3) is 5.56 Å². The van der Waals surface area contributed by atoms with Crippen LogP contribution in [0.15, 0.2) is 35.3 Å². The second kappa shape index (κ2) is 8.18. The Morgan fingerprint density at radius 1 is 1.34 bits per heavy atom. The van der Waals surface area contributed by atoms with Crippen LogP contribution in [0.3, 0.4) is 0 Å². The van der Waals surface area contributed by atoms with Crippen LogP contribution in [0.4, 0.5) is 13.2 Å². The minimum Gasteiger partial charge on any atom is -0.494 e. The molecule has 0 saturated heterocycles. The van der Waals surface area contributed by atoms with Crippen molar-refractivity contribution in [2.75, 3.05) is 6.61 Å². The Balaban J connectivity index is 1.72. The van der Waals surface area contributed by atoms with E-state index in [4.69, 9.17) is 9.47 Å². The first kappa shape index (κ1) is 20.8. The number of nitrogens with one attached hydrogen (secondary N) is 1. The summed E-state index contributed by atoms with van der Waals surface area (Å²) in [7, 11) is 0. The molecule has 1 amide bonds. The maximum Gasteiger partial charge on any atom is 0.417 e. The first-order valence-corrected chi connectivity index (χ1v) is 9.17. The topological polar surface area (TPSA) is 69.6 Å². The quantitative estimate of drug-likeness (QED) is 0.795. The molecule has 0 aliphatic carbocycles. The fourth-order valence-corrected chi connectivity index (χ4v) is 3.14. The van der Waals surface area contributed by atoms with Crippen molar-refractivity contribution in [1.82, 2.24) is 9.88 Å². The lowest BCUT2D eigenvalue weighted by molar-refractivity contribution is -0.138. The molecule has 9 heteroatoms. The van der Waals surface area contributed by atoms with Crippen LogP contribution in [0.5, 0.6) is 11.5 Å². The Bertz CT molecular complexity index is 969. The van der Waals surface area contributed by atoms with Gasteiger partial charge in [0.2, 0.25) is 5.91 Å². The van der Waals surface area contributed by atoms with Crippen molar-refractivity contribution >= 4 is 5.91 Å². The van der Waals surface area contributed by atoms with E-state index in [1.165, 1.54) is 0 Å². The second-order valence-electron chi connectivity index (χ2n) is 6.79. The van der Waals surface area contributed by atoms with E-state index in [0.717, 1.165) is 28.4 Å². The molecule has 1 aliphatic rings. The molecular weight excluding hydrogens is 389 g/mol. The van der Waals surface area contributed by atoms with Crippen molar-refractivity contribution in [3.05, 3.63) is 57.5 Å². The molecule has 1 N–H and O–H groups in total. The Morgan fingerprint density at radius 2 is 2.10 bits per heavy atom. The first-order valence-electron chi connectivity index (χ1n) is 9.17. The molecule has 1 aliphatic heterocycles. The van der Waals surface area contributed by atoms with Gasteiger partial charge in [-0.2, -0.15) is 13.2 Å². The SMILES string of the molecule is CCOc1cc2c(cc1CNC(=O)Cn1cc(C(F)(F)F)ccc1=O)O[C@H](C)C2. The number of ether oxygens (including phenoxy) is 2. The van der Waals surface area contributed by atoms with Gasteiger partial charge in [-0.1, -0.05) is 0 Å². The van der Waals surface area contributed by atoms with Gasteiger partial charge in [0.05, 0.1) is 12.2 Å². The molecule has 3 rings (SSSR count). The van der Waals surface area contributed by atoms with Gasteiger partial charge < -0.3 is 19.4 Å². The normalized spacial score (nSPS) is 15.6. The standard InChI is InChI=1S/C20H21F3N2O4/c1-3-28-16-7-13-6-12(2)29-17(13)8-14(16)9-24-18(26)11-25-10-15(20(21,22)23)4-5-19(25)27/h4-5,7-8,10,12H,3,6,9,11H2,1-2H3,(H,24,26)/t12-/m1/s1. The van der Waals surface area contributed by atoms with Crippen LogP contribution in [0, 0.1) is 0 Å². The molecule has 6 nitrogen and oxygen atoms in total. The summed E-state index contributed by atoms with van der Waals surface area (Å²) in [6.07, 6.45) is -3.14. The minimum atomic E-state index is -4.60. The highest BCUT2D eigenvalue weighted by Crippen LogP contribution is 2.35. The zero-order chi connectivity index (χ0) is 21.2. The van der Waals surface area contributed by atoms with Crippen molar-refractivity contribution in [1.29, 1.82) is 0 Å². The summed E-state index contributed by atoms with van der Waals surface area (Å²) in [6.45, 7) is 3.80. The van der Waals surface area contributed by atoms with E-state index in [0.29, 0.717) is 30.2 Å². The molecule has 0 unspecified atom stereocenters. The van der Waals surface area contributed by atoms with E-state index < -0.39 is 29.8 Å². The van der Waals surface area contributed by atoms with Crippen LogP contribution in [-0.4, -0.2) is 23.2 Å². The molecule has 156 valence electrons. The average Bonchev–Trinajstić information content (AvgIpc) is 2.99.